The molecule has 0 radical (unpaired) electrons. The maximum Gasteiger partial charge on any atom is 0.266 e. The van der Waals surface area contributed by atoms with Crippen LogP contribution in [-0.4, -0.2) is 42.4 Å². The maximum absolute atomic E-state index is 12.5. The van der Waals surface area contributed by atoms with Gasteiger partial charge in [-0.05, 0) is 46.8 Å². The Bertz CT molecular complexity index is 1220. The fraction of sp³-hybridized carbons (Fsp3) is 0.100. The molecule has 0 saturated heterocycles. The molecule has 0 aliphatic carbocycles. The van der Waals surface area contributed by atoms with Crippen molar-refractivity contribution in [1.82, 2.24) is 35.3 Å². The molecular formula is C20H16ClN7O2. The van der Waals surface area contributed by atoms with Gasteiger partial charge in [-0.2, -0.15) is 5.10 Å². The van der Waals surface area contributed by atoms with Crippen LogP contribution in [0.5, 0.6) is 0 Å². The normalized spacial score (nSPS) is 10.7. The van der Waals surface area contributed by atoms with Gasteiger partial charge in [0.15, 0.2) is 0 Å². The summed E-state index contributed by atoms with van der Waals surface area (Å²) in [5.74, 6) is -0.271. The number of nitrogens with zero attached hydrogens (tertiary/aromatic N) is 6. The molecule has 0 aliphatic heterocycles. The number of carbonyl (C=O) groups is 1. The summed E-state index contributed by atoms with van der Waals surface area (Å²) in [6, 6.07) is 17.2. The van der Waals surface area contributed by atoms with Crippen molar-refractivity contribution in [2.24, 2.45) is 0 Å². The minimum Gasteiger partial charge on any atom is -0.350 e. The number of hydrogen-bond donors (Lipinski definition) is 1. The average molecular weight is 422 g/mol. The van der Waals surface area contributed by atoms with E-state index < -0.39 is 0 Å². The number of benzene rings is 2. The number of halogens is 1. The van der Waals surface area contributed by atoms with Crippen molar-refractivity contribution in [3.05, 3.63) is 87.9 Å². The Morgan fingerprint density at radius 3 is 2.67 bits per heavy atom. The molecule has 1 amide bonds. The highest BCUT2D eigenvalue weighted by molar-refractivity contribution is 6.30. The van der Waals surface area contributed by atoms with E-state index in [2.05, 4.69) is 25.9 Å². The SMILES string of the molecule is O=C(NCCn1nc(-c2ccc(Cl)cc2)ccc1=O)c1cccc(-n2cnnn2)c1. The Hall–Kier alpha value is -3.85. The standard InChI is InChI=1S/C20H16ClN7O2/c21-16-6-4-14(5-7-16)18-8-9-19(29)27(24-18)11-10-22-20(30)15-2-1-3-17(12-15)28-13-23-25-26-28/h1-9,12-13H,10-11H2,(H,22,30). The van der Waals surface area contributed by atoms with Crippen LogP contribution in [-0.2, 0) is 6.54 Å². The van der Waals surface area contributed by atoms with Gasteiger partial charge >= 0.3 is 0 Å². The molecule has 2 aromatic heterocycles. The van der Waals surface area contributed by atoms with Crippen LogP contribution >= 0.6 is 11.6 Å². The molecule has 150 valence electrons. The molecule has 0 fully saturated rings. The third kappa shape index (κ3) is 4.41. The van der Waals surface area contributed by atoms with Crippen LogP contribution in [0.15, 0.2) is 71.8 Å². The van der Waals surface area contributed by atoms with Crippen molar-refractivity contribution in [1.29, 1.82) is 0 Å². The molecule has 0 unspecified atom stereocenters. The molecule has 0 atom stereocenters. The van der Waals surface area contributed by atoms with Crippen LogP contribution in [0.4, 0.5) is 0 Å². The molecule has 10 heteroatoms. The lowest BCUT2D eigenvalue weighted by atomic mass is 10.1. The van der Waals surface area contributed by atoms with Gasteiger partial charge in [-0.15, -0.1) is 5.10 Å². The summed E-state index contributed by atoms with van der Waals surface area (Å²) in [4.78, 5) is 24.6. The van der Waals surface area contributed by atoms with Crippen LogP contribution in [0.1, 0.15) is 10.4 Å². The largest absolute Gasteiger partial charge is 0.350 e. The predicted molar refractivity (Wildman–Crippen MR) is 110 cm³/mol. The molecule has 0 bridgehead atoms. The van der Waals surface area contributed by atoms with Crippen LogP contribution in [0.25, 0.3) is 16.9 Å². The molecular weight excluding hydrogens is 406 g/mol. The first-order chi connectivity index (χ1) is 14.6. The lowest BCUT2D eigenvalue weighted by Crippen LogP contribution is -2.32. The Morgan fingerprint density at radius 1 is 1.07 bits per heavy atom. The monoisotopic (exact) mass is 421 g/mol. The van der Waals surface area contributed by atoms with Crippen LogP contribution < -0.4 is 10.9 Å². The number of carbonyl (C=O) groups excluding carboxylic acids is 1. The van der Waals surface area contributed by atoms with E-state index in [9.17, 15) is 9.59 Å². The second-order valence-electron chi connectivity index (χ2n) is 6.35. The number of tetrazole rings is 1. The van der Waals surface area contributed by atoms with Crippen LogP contribution in [0, 0.1) is 0 Å². The predicted octanol–water partition coefficient (Wildman–Crippen LogP) is 1.97. The first-order valence-corrected chi connectivity index (χ1v) is 9.44. The van der Waals surface area contributed by atoms with Crippen molar-refractivity contribution in [3.8, 4) is 16.9 Å². The Balaban J connectivity index is 1.42. The van der Waals surface area contributed by atoms with Crippen LogP contribution in [0.3, 0.4) is 0 Å². The van der Waals surface area contributed by atoms with Crippen molar-refractivity contribution >= 4 is 17.5 Å². The van der Waals surface area contributed by atoms with Gasteiger partial charge in [0.25, 0.3) is 11.5 Å². The first kappa shape index (κ1) is 19.5. The summed E-state index contributed by atoms with van der Waals surface area (Å²) in [7, 11) is 0. The van der Waals surface area contributed by atoms with Crippen molar-refractivity contribution in [2.75, 3.05) is 6.54 Å². The first-order valence-electron chi connectivity index (χ1n) is 9.06. The Labute approximate surface area is 175 Å². The van der Waals surface area contributed by atoms with Crippen molar-refractivity contribution < 1.29 is 4.79 Å². The molecule has 4 rings (SSSR count). The van der Waals surface area contributed by atoms with Crippen LogP contribution in [0.2, 0.25) is 5.02 Å². The van der Waals surface area contributed by atoms with Crippen molar-refractivity contribution in [2.45, 2.75) is 6.54 Å². The zero-order valence-corrected chi connectivity index (χ0v) is 16.4. The smallest absolute Gasteiger partial charge is 0.266 e. The third-order valence-corrected chi connectivity index (χ3v) is 4.59. The van der Waals surface area contributed by atoms with Gasteiger partial charge in [0.05, 0.1) is 17.9 Å². The minimum atomic E-state index is -0.271. The summed E-state index contributed by atoms with van der Waals surface area (Å²) in [5, 5.41) is 18.8. The van der Waals surface area contributed by atoms with Gasteiger partial charge in [0.1, 0.15) is 6.33 Å². The van der Waals surface area contributed by atoms with Gasteiger partial charge in [-0.3, -0.25) is 9.59 Å². The van der Waals surface area contributed by atoms with Gasteiger partial charge in [-0.1, -0.05) is 29.8 Å². The van der Waals surface area contributed by atoms with E-state index in [0.29, 0.717) is 22.0 Å². The second-order valence-corrected chi connectivity index (χ2v) is 6.78. The highest BCUT2D eigenvalue weighted by Gasteiger charge is 2.08. The fourth-order valence-corrected chi connectivity index (χ4v) is 2.96. The summed E-state index contributed by atoms with van der Waals surface area (Å²) in [6.07, 6.45) is 1.45. The number of nitrogens with one attached hydrogen (secondary N) is 1. The lowest BCUT2D eigenvalue weighted by molar-refractivity contribution is 0.0951. The number of hydrogen-bond acceptors (Lipinski definition) is 6. The van der Waals surface area contributed by atoms with E-state index in [1.807, 2.05) is 12.1 Å². The number of rotatable bonds is 6. The average Bonchev–Trinajstić information content (AvgIpc) is 3.31. The van der Waals surface area contributed by atoms with E-state index >= 15 is 0 Å². The molecule has 9 nitrogen and oxygen atoms in total. The molecule has 2 heterocycles. The van der Waals surface area contributed by atoms with Gasteiger partial charge in [0, 0.05) is 28.8 Å². The Morgan fingerprint density at radius 2 is 1.90 bits per heavy atom. The Kier molecular flexibility index (Phi) is 5.62. The third-order valence-electron chi connectivity index (χ3n) is 4.34. The second kappa shape index (κ2) is 8.66. The van der Waals surface area contributed by atoms with E-state index in [4.69, 9.17) is 11.6 Å². The van der Waals surface area contributed by atoms with E-state index in [-0.39, 0.29) is 24.6 Å². The van der Waals surface area contributed by atoms with Gasteiger partial charge in [-0.25, -0.2) is 9.36 Å². The molecule has 2 aromatic carbocycles. The molecule has 30 heavy (non-hydrogen) atoms. The number of amides is 1. The summed E-state index contributed by atoms with van der Waals surface area (Å²) < 4.78 is 2.78. The lowest BCUT2D eigenvalue weighted by Gasteiger charge is -2.09. The molecule has 0 saturated carbocycles. The molecule has 1 N–H and O–H groups in total. The van der Waals surface area contributed by atoms with Gasteiger partial charge < -0.3 is 5.32 Å². The topological polar surface area (TPSA) is 108 Å². The van der Waals surface area contributed by atoms with E-state index in [1.54, 1.807) is 42.5 Å². The fourth-order valence-electron chi connectivity index (χ4n) is 2.83. The molecule has 4 aromatic rings. The highest BCUT2D eigenvalue weighted by Crippen LogP contribution is 2.18. The summed E-state index contributed by atoms with van der Waals surface area (Å²) in [5.41, 5.74) is 2.37. The van der Waals surface area contributed by atoms with E-state index in [0.717, 1.165) is 5.56 Å². The molecule has 0 aliphatic rings. The van der Waals surface area contributed by atoms with E-state index in [1.165, 1.54) is 21.8 Å². The summed E-state index contributed by atoms with van der Waals surface area (Å²) >= 11 is 5.92. The maximum atomic E-state index is 12.5. The quantitative estimate of drug-likeness (QED) is 0.510. The highest BCUT2D eigenvalue weighted by atomic mass is 35.5. The van der Waals surface area contributed by atoms with Gasteiger partial charge in [0.2, 0.25) is 0 Å². The number of aromatic nitrogens is 6. The zero-order valence-electron chi connectivity index (χ0n) is 15.6. The molecule has 0 spiro atoms. The zero-order chi connectivity index (χ0) is 20.9. The van der Waals surface area contributed by atoms with Crippen molar-refractivity contribution in [3.63, 3.8) is 0 Å². The summed E-state index contributed by atoms with van der Waals surface area (Å²) in [6.45, 7) is 0.476. The minimum absolute atomic E-state index is 0.235.